The van der Waals surface area contributed by atoms with E-state index < -0.39 is 0 Å². The highest BCUT2D eigenvalue weighted by molar-refractivity contribution is 5.82. The molecule has 0 bridgehead atoms. The van der Waals surface area contributed by atoms with E-state index >= 15 is 0 Å². The van der Waals surface area contributed by atoms with E-state index in [1.54, 1.807) is 6.07 Å². The number of hydrogen-bond acceptors (Lipinski definition) is 5. The molecule has 1 aromatic heterocycles. The Morgan fingerprint density at radius 2 is 1.73 bits per heavy atom. The molecule has 5 nitrogen and oxygen atoms in total. The van der Waals surface area contributed by atoms with E-state index in [-0.39, 0.29) is 11.9 Å². The average molecular weight is 355 g/mol. The van der Waals surface area contributed by atoms with Crippen LogP contribution in [0.2, 0.25) is 0 Å². The van der Waals surface area contributed by atoms with E-state index in [9.17, 15) is 4.79 Å². The molecule has 2 aromatic rings. The maximum atomic E-state index is 12.1. The minimum Gasteiger partial charge on any atom is -0.423 e. The quantitative estimate of drug-likeness (QED) is 0.793. The minimum atomic E-state index is -0.243. The monoisotopic (exact) mass is 355 g/mol. The zero-order valence-corrected chi connectivity index (χ0v) is 15.0. The van der Waals surface area contributed by atoms with Crippen LogP contribution in [-0.2, 0) is 28.9 Å². The van der Waals surface area contributed by atoms with Gasteiger partial charge in [-0.2, -0.15) is 0 Å². The first-order valence-electron chi connectivity index (χ1n) is 9.80. The first kappa shape index (κ1) is 16.5. The molecule has 0 N–H and O–H groups in total. The van der Waals surface area contributed by atoms with Crippen LogP contribution in [0.5, 0.6) is 0 Å². The van der Waals surface area contributed by atoms with Crippen molar-refractivity contribution in [1.29, 1.82) is 0 Å². The Morgan fingerprint density at radius 3 is 2.50 bits per heavy atom. The molecule has 2 aliphatic heterocycles. The van der Waals surface area contributed by atoms with Crippen LogP contribution in [0, 0.1) is 5.92 Å². The van der Waals surface area contributed by atoms with Crippen molar-refractivity contribution in [3.8, 4) is 0 Å². The van der Waals surface area contributed by atoms with Gasteiger partial charge in [0.05, 0.1) is 13.2 Å². The van der Waals surface area contributed by atoms with Gasteiger partial charge in [0.2, 0.25) is 0 Å². The molecule has 0 radical (unpaired) electrons. The van der Waals surface area contributed by atoms with Crippen molar-refractivity contribution >= 4 is 11.0 Å². The highest BCUT2D eigenvalue weighted by atomic mass is 16.7. The highest BCUT2D eigenvalue weighted by Crippen LogP contribution is 2.30. The summed E-state index contributed by atoms with van der Waals surface area (Å²) < 4.78 is 16.8. The third-order valence-corrected chi connectivity index (χ3v) is 6.10. The molecule has 0 amide bonds. The summed E-state index contributed by atoms with van der Waals surface area (Å²) in [4.78, 5) is 14.5. The summed E-state index contributed by atoms with van der Waals surface area (Å²) in [6.07, 6.45) is 5.58. The molecular formula is C21H25NO4. The molecule has 3 heterocycles. The number of hydrogen-bond donors (Lipinski definition) is 0. The fraction of sp³-hybridized carbons (Fsp3) is 0.571. The number of rotatable bonds is 3. The largest absolute Gasteiger partial charge is 0.423 e. The summed E-state index contributed by atoms with van der Waals surface area (Å²) in [6, 6.07) is 6.02. The lowest BCUT2D eigenvalue weighted by molar-refractivity contribution is -0.0977. The van der Waals surface area contributed by atoms with E-state index in [0.29, 0.717) is 5.92 Å². The molecule has 2 saturated heterocycles. The van der Waals surface area contributed by atoms with Gasteiger partial charge in [0.1, 0.15) is 5.58 Å². The number of benzene rings is 1. The molecule has 1 aliphatic carbocycles. The van der Waals surface area contributed by atoms with Crippen LogP contribution in [0.4, 0.5) is 0 Å². The lowest BCUT2D eigenvalue weighted by atomic mass is 9.95. The zero-order chi connectivity index (χ0) is 17.5. The van der Waals surface area contributed by atoms with Gasteiger partial charge < -0.3 is 13.9 Å². The normalized spacial score (nSPS) is 22.3. The fourth-order valence-electron chi connectivity index (χ4n) is 4.70. The summed E-state index contributed by atoms with van der Waals surface area (Å²) in [6.45, 7) is 4.28. The van der Waals surface area contributed by atoms with Gasteiger partial charge in [-0.05, 0) is 74.0 Å². The Labute approximate surface area is 152 Å². The molecule has 5 rings (SSSR count). The molecule has 2 fully saturated rings. The summed E-state index contributed by atoms with van der Waals surface area (Å²) in [7, 11) is 0. The predicted octanol–water partition coefficient (Wildman–Crippen LogP) is 2.87. The number of ether oxygens (including phenoxy) is 2. The molecule has 3 aliphatic rings. The standard InChI is InChI=1S/C21H25NO4/c23-20-12-17(18-10-15-2-1-3-16(15)11-19(18)26-20)13-22-6-4-14(5-7-22)21-24-8-9-25-21/h10-12,14,21H,1-9,13H2. The molecule has 5 heteroatoms. The van der Waals surface area contributed by atoms with Crippen LogP contribution < -0.4 is 5.63 Å². The first-order chi connectivity index (χ1) is 12.8. The van der Waals surface area contributed by atoms with E-state index in [1.807, 2.05) is 0 Å². The molecule has 0 atom stereocenters. The van der Waals surface area contributed by atoms with Crippen molar-refractivity contribution in [2.45, 2.75) is 44.9 Å². The number of likely N-dealkylation sites (tertiary alicyclic amines) is 1. The second kappa shape index (κ2) is 6.80. The Morgan fingerprint density at radius 1 is 1.00 bits per heavy atom. The summed E-state index contributed by atoms with van der Waals surface area (Å²) >= 11 is 0. The van der Waals surface area contributed by atoms with Gasteiger partial charge in [-0.25, -0.2) is 4.79 Å². The van der Waals surface area contributed by atoms with Crippen molar-refractivity contribution in [2.24, 2.45) is 5.92 Å². The van der Waals surface area contributed by atoms with Crippen LogP contribution in [0.25, 0.3) is 11.0 Å². The molecule has 0 unspecified atom stereocenters. The molecule has 26 heavy (non-hydrogen) atoms. The van der Waals surface area contributed by atoms with Gasteiger partial charge >= 0.3 is 5.63 Å². The van der Waals surface area contributed by atoms with Crippen LogP contribution in [0.1, 0.15) is 36.0 Å². The SMILES string of the molecule is O=c1cc(CN2CCC(C3OCCO3)CC2)c2cc3c(cc2o1)CCC3. The maximum absolute atomic E-state index is 12.1. The highest BCUT2D eigenvalue weighted by Gasteiger charge is 2.30. The van der Waals surface area contributed by atoms with Crippen LogP contribution in [0.15, 0.2) is 27.4 Å². The van der Waals surface area contributed by atoms with E-state index in [2.05, 4.69) is 17.0 Å². The Hall–Kier alpha value is -1.69. The van der Waals surface area contributed by atoms with Gasteiger partial charge in [-0.1, -0.05) is 0 Å². The van der Waals surface area contributed by atoms with Gasteiger partial charge in [-0.3, -0.25) is 4.90 Å². The molecule has 1 aromatic carbocycles. The minimum absolute atomic E-state index is 0.00987. The van der Waals surface area contributed by atoms with Gasteiger partial charge in [-0.15, -0.1) is 0 Å². The van der Waals surface area contributed by atoms with E-state index in [0.717, 1.165) is 75.1 Å². The number of fused-ring (bicyclic) bond motifs is 2. The molecule has 138 valence electrons. The lowest BCUT2D eigenvalue weighted by Crippen LogP contribution is -2.37. The molecule has 0 saturated carbocycles. The van der Waals surface area contributed by atoms with E-state index in [4.69, 9.17) is 13.9 Å². The lowest BCUT2D eigenvalue weighted by Gasteiger charge is -2.33. The Bertz CT molecular complexity index is 860. The third-order valence-electron chi connectivity index (χ3n) is 6.10. The van der Waals surface area contributed by atoms with Crippen molar-refractivity contribution in [1.82, 2.24) is 4.90 Å². The second-order valence-corrected chi connectivity index (χ2v) is 7.78. The zero-order valence-electron chi connectivity index (χ0n) is 15.0. The summed E-state index contributed by atoms with van der Waals surface area (Å²) in [5.41, 5.74) is 4.36. The molecule has 0 spiro atoms. The van der Waals surface area contributed by atoms with Crippen molar-refractivity contribution in [3.63, 3.8) is 0 Å². The van der Waals surface area contributed by atoms with Crippen LogP contribution in [0.3, 0.4) is 0 Å². The summed E-state index contributed by atoms with van der Waals surface area (Å²) in [5, 5.41) is 1.11. The van der Waals surface area contributed by atoms with Crippen molar-refractivity contribution in [3.05, 3.63) is 45.3 Å². The summed E-state index contributed by atoms with van der Waals surface area (Å²) in [5.74, 6) is 0.495. The van der Waals surface area contributed by atoms with Crippen molar-refractivity contribution in [2.75, 3.05) is 26.3 Å². The second-order valence-electron chi connectivity index (χ2n) is 7.78. The maximum Gasteiger partial charge on any atom is 0.336 e. The number of aryl methyl sites for hydroxylation is 2. The number of piperidine rings is 1. The van der Waals surface area contributed by atoms with Crippen LogP contribution >= 0.6 is 0 Å². The average Bonchev–Trinajstić information content (AvgIpc) is 3.32. The topological polar surface area (TPSA) is 51.9 Å². The van der Waals surface area contributed by atoms with E-state index in [1.165, 1.54) is 17.5 Å². The third kappa shape index (κ3) is 3.08. The molecular weight excluding hydrogens is 330 g/mol. The fourth-order valence-corrected chi connectivity index (χ4v) is 4.70. The van der Waals surface area contributed by atoms with Crippen LogP contribution in [-0.4, -0.2) is 37.5 Å². The Kier molecular flexibility index (Phi) is 4.31. The smallest absolute Gasteiger partial charge is 0.336 e. The first-order valence-corrected chi connectivity index (χ1v) is 9.80. The predicted molar refractivity (Wildman–Crippen MR) is 98.2 cm³/mol. The van der Waals surface area contributed by atoms with Gasteiger partial charge in [0.25, 0.3) is 0 Å². The number of nitrogens with zero attached hydrogens (tertiary/aromatic N) is 1. The van der Waals surface area contributed by atoms with Gasteiger partial charge in [0, 0.05) is 23.9 Å². The van der Waals surface area contributed by atoms with Gasteiger partial charge in [0.15, 0.2) is 6.29 Å². The van der Waals surface area contributed by atoms with Crippen molar-refractivity contribution < 1.29 is 13.9 Å². The Balaban J connectivity index is 1.35.